The molecule has 1 saturated heterocycles. The summed E-state index contributed by atoms with van der Waals surface area (Å²) in [6.45, 7) is 4.66. The third-order valence-electron chi connectivity index (χ3n) is 3.41. The van der Waals surface area contributed by atoms with Crippen LogP contribution in [-0.2, 0) is 4.74 Å². The molecule has 3 N–H and O–H groups in total. The van der Waals surface area contributed by atoms with E-state index in [4.69, 9.17) is 15.7 Å². The first-order valence-corrected chi connectivity index (χ1v) is 6.45. The zero-order valence-electron chi connectivity index (χ0n) is 12.2. The molecule has 0 aromatic heterocycles. The maximum Gasteiger partial charge on any atom is 0.410 e. The summed E-state index contributed by atoms with van der Waals surface area (Å²) < 4.78 is 44.8. The SMILES string of the molecule is CC(C)(C)OC(=O)N1CCC(/C(N)=N/O)(C(F)(F)F)CC1. The van der Waals surface area contributed by atoms with Crippen molar-refractivity contribution in [2.75, 3.05) is 13.1 Å². The van der Waals surface area contributed by atoms with E-state index in [0.717, 1.165) is 0 Å². The largest absolute Gasteiger partial charge is 0.444 e. The van der Waals surface area contributed by atoms with Gasteiger partial charge in [0.25, 0.3) is 0 Å². The van der Waals surface area contributed by atoms with Crippen LogP contribution < -0.4 is 5.73 Å². The second-order valence-corrected chi connectivity index (χ2v) is 6.03. The molecule has 6 nitrogen and oxygen atoms in total. The van der Waals surface area contributed by atoms with Gasteiger partial charge in [-0.1, -0.05) is 5.16 Å². The van der Waals surface area contributed by atoms with E-state index in [1.54, 1.807) is 20.8 Å². The maximum absolute atomic E-state index is 13.2. The molecule has 122 valence electrons. The van der Waals surface area contributed by atoms with Crippen LogP contribution in [-0.4, -0.2) is 46.9 Å². The van der Waals surface area contributed by atoms with Crippen LogP contribution in [0.2, 0.25) is 0 Å². The van der Waals surface area contributed by atoms with Crippen molar-refractivity contribution >= 4 is 11.9 Å². The van der Waals surface area contributed by atoms with Crippen LogP contribution in [0, 0.1) is 5.41 Å². The topological polar surface area (TPSA) is 88.2 Å². The molecule has 1 aliphatic heterocycles. The Morgan fingerprint density at radius 2 is 1.76 bits per heavy atom. The second-order valence-electron chi connectivity index (χ2n) is 6.03. The monoisotopic (exact) mass is 311 g/mol. The lowest BCUT2D eigenvalue weighted by molar-refractivity contribution is -0.210. The van der Waals surface area contributed by atoms with E-state index in [2.05, 4.69) is 5.16 Å². The molecule has 0 unspecified atom stereocenters. The van der Waals surface area contributed by atoms with E-state index < -0.39 is 42.0 Å². The number of hydrogen-bond acceptors (Lipinski definition) is 4. The van der Waals surface area contributed by atoms with Crippen LogP contribution in [0.5, 0.6) is 0 Å². The lowest BCUT2D eigenvalue weighted by Gasteiger charge is -2.41. The van der Waals surface area contributed by atoms with Gasteiger partial charge >= 0.3 is 12.3 Å². The van der Waals surface area contributed by atoms with E-state index in [0.29, 0.717) is 0 Å². The van der Waals surface area contributed by atoms with E-state index >= 15 is 0 Å². The van der Waals surface area contributed by atoms with Gasteiger partial charge < -0.3 is 20.6 Å². The number of hydrogen-bond donors (Lipinski definition) is 2. The number of ether oxygens (including phenoxy) is 1. The van der Waals surface area contributed by atoms with Crippen LogP contribution in [0.4, 0.5) is 18.0 Å². The Bertz CT molecular complexity index is 422. The predicted molar refractivity (Wildman–Crippen MR) is 68.9 cm³/mol. The molecule has 0 saturated carbocycles. The van der Waals surface area contributed by atoms with Crippen molar-refractivity contribution in [3.63, 3.8) is 0 Å². The molecule has 1 aliphatic rings. The number of carbonyl (C=O) groups is 1. The fourth-order valence-electron chi connectivity index (χ4n) is 2.18. The van der Waals surface area contributed by atoms with Gasteiger partial charge in [-0.15, -0.1) is 0 Å². The smallest absolute Gasteiger partial charge is 0.410 e. The van der Waals surface area contributed by atoms with Gasteiger partial charge in [0.1, 0.15) is 11.0 Å². The molecule has 0 atom stereocenters. The predicted octanol–water partition coefficient (Wildman–Crippen LogP) is 2.31. The van der Waals surface area contributed by atoms with Crippen molar-refractivity contribution in [1.82, 2.24) is 4.90 Å². The summed E-state index contributed by atoms with van der Waals surface area (Å²) in [5.41, 5.74) is 2.11. The van der Waals surface area contributed by atoms with Crippen molar-refractivity contribution in [3.8, 4) is 0 Å². The highest BCUT2D eigenvalue weighted by molar-refractivity contribution is 5.87. The standard InChI is InChI=1S/C12H20F3N3O3/c1-10(2,3)21-9(19)18-6-4-11(5-7-18,8(16)17-20)12(13,14)15/h20H,4-7H2,1-3H3,(H2,16,17). The van der Waals surface area contributed by atoms with E-state index in [-0.39, 0.29) is 13.1 Å². The number of amides is 1. The van der Waals surface area contributed by atoms with Crippen LogP contribution in [0.1, 0.15) is 33.6 Å². The number of nitrogens with zero attached hydrogens (tertiary/aromatic N) is 2. The molecule has 1 amide bonds. The number of oxime groups is 1. The summed E-state index contributed by atoms with van der Waals surface area (Å²) in [6, 6.07) is 0. The van der Waals surface area contributed by atoms with Gasteiger partial charge in [0.2, 0.25) is 0 Å². The second kappa shape index (κ2) is 5.61. The minimum absolute atomic E-state index is 0.176. The molecular formula is C12H20F3N3O3. The summed E-state index contributed by atoms with van der Waals surface area (Å²) in [4.78, 5) is 13.0. The van der Waals surface area contributed by atoms with Crippen LogP contribution in [0.15, 0.2) is 5.16 Å². The zero-order chi connectivity index (χ0) is 16.5. The molecule has 0 aliphatic carbocycles. The Morgan fingerprint density at radius 1 is 1.29 bits per heavy atom. The Kier molecular flexibility index (Phi) is 4.64. The quantitative estimate of drug-likeness (QED) is 0.337. The van der Waals surface area contributed by atoms with Crippen molar-refractivity contribution < 1.29 is 27.9 Å². The molecule has 21 heavy (non-hydrogen) atoms. The number of piperidine rings is 1. The number of nitrogens with two attached hydrogens (primary N) is 1. The maximum atomic E-state index is 13.2. The fraction of sp³-hybridized carbons (Fsp3) is 0.833. The number of amidine groups is 1. The third-order valence-corrected chi connectivity index (χ3v) is 3.41. The zero-order valence-corrected chi connectivity index (χ0v) is 12.2. The third kappa shape index (κ3) is 3.70. The van der Waals surface area contributed by atoms with Gasteiger partial charge in [-0.05, 0) is 33.6 Å². The molecule has 1 rings (SSSR count). The van der Waals surface area contributed by atoms with Gasteiger partial charge in [-0.25, -0.2) is 4.79 Å². The van der Waals surface area contributed by atoms with Crippen molar-refractivity contribution in [2.24, 2.45) is 16.3 Å². The molecule has 0 radical (unpaired) electrons. The average molecular weight is 311 g/mol. The van der Waals surface area contributed by atoms with Gasteiger partial charge in [0.15, 0.2) is 5.84 Å². The summed E-state index contributed by atoms with van der Waals surface area (Å²) >= 11 is 0. The molecule has 0 spiro atoms. The molecule has 9 heteroatoms. The van der Waals surface area contributed by atoms with Crippen LogP contribution in [0.3, 0.4) is 0 Å². The first kappa shape index (κ1) is 17.4. The Morgan fingerprint density at radius 3 is 2.10 bits per heavy atom. The number of rotatable bonds is 1. The van der Waals surface area contributed by atoms with E-state index in [9.17, 15) is 18.0 Å². The number of halogens is 3. The summed E-state index contributed by atoms with van der Waals surface area (Å²) in [5.74, 6) is -0.876. The van der Waals surface area contributed by atoms with Gasteiger partial charge in [0.05, 0.1) is 0 Å². The Labute approximate surface area is 120 Å². The molecular weight excluding hydrogens is 291 g/mol. The minimum atomic E-state index is -4.65. The minimum Gasteiger partial charge on any atom is -0.444 e. The highest BCUT2D eigenvalue weighted by Gasteiger charge is 2.59. The van der Waals surface area contributed by atoms with Crippen LogP contribution >= 0.6 is 0 Å². The first-order valence-electron chi connectivity index (χ1n) is 6.45. The Balaban J connectivity index is 2.83. The highest BCUT2D eigenvalue weighted by atomic mass is 19.4. The van der Waals surface area contributed by atoms with Crippen molar-refractivity contribution in [1.29, 1.82) is 0 Å². The van der Waals surface area contributed by atoms with E-state index in [1.165, 1.54) is 4.90 Å². The average Bonchev–Trinajstić information content (AvgIpc) is 2.34. The number of likely N-dealkylation sites (tertiary alicyclic amines) is 1. The van der Waals surface area contributed by atoms with Gasteiger partial charge in [-0.3, -0.25) is 0 Å². The van der Waals surface area contributed by atoms with Crippen LogP contribution in [0.25, 0.3) is 0 Å². The molecule has 1 fully saturated rings. The highest BCUT2D eigenvalue weighted by Crippen LogP contribution is 2.46. The number of alkyl halides is 3. The lowest BCUT2D eigenvalue weighted by Crippen LogP contribution is -2.56. The summed E-state index contributed by atoms with van der Waals surface area (Å²) in [6.07, 6.45) is -6.25. The fourth-order valence-corrected chi connectivity index (χ4v) is 2.18. The molecule has 0 aromatic carbocycles. The first-order chi connectivity index (χ1) is 9.43. The number of carbonyl (C=O) groups excluding carboxylic acids is 1. The van der Waals surface area contributed by atoms with Crippen molar-refractivity contribution in [3.05, 3.63) is 0 Å². The molecule has 0 bridgehead atoms. The lowest BCUT2D eigenvalue weighted by atomic mass is 9.76. The van der Waals surface area contributed by atoms with Crippen molar-refractivity contribution in [2.45, 2.75) is 45.4 Å². The van der Waals surface area contributed by atoms with E-state index in [1.807, 2.05) is 0 Å². The summed E-state index contributed by atoms with van der Waals surface area (Å²) in [5, 5.41) is 11.1. The molecule has 0 aromatic rings. The normalized spacial score (nSPS) is 20.3. The Hall–Kier alpha value is -1.67. The van der Waals surface area contributed by atoms with Gasteiger partial charge in [-0.2, -0.15) is 13.2 Å². The van der Waals surface area contributed by atoms with Gasteiger partial charge in [0, 0.05) is 13.1 Å². The molecule has 1 heterocycles. The summed E-state index contributed by atoms with van der Waals surface area (Å²) in [7, 11) is 0.